The van der Waals surface area contributed by atoms with Gasteiger partial charge in [-0.25, -0.2) is 4.79 Å². The van der Waals surface area contributed by atoms with Gasteiger partial charge in [0.2, 0.25) is 5.91 Å². The molecule has 3 rings (SSSR count). The first-order valence-corrected chi connectivity index (χ1v) is 11.1. The van der Waals surface area contributed by atoms with Crippen LogP contribution in [0.25, 0.3) is 11.1 Å². The van der Waals surface area contributed by atoms with Crippen LogP contribution in [0.1, 0.15) is 17.3 Å². The van der Waals surface area contributed by atoms with Gasteiger partial charge in [-0.3, -0.25) is 4.79 Å². The van der Waals surface area contributed by atoms with E-state index in [0.29, 0.717) is 32.8 Å². The molecule has 11 heteroatoms. The summed E-state index contributed by atoms with van der Waals surface area (Å²) in [6.07, 6.45) is 1.56. The highest BCUT2D eigenvalue weighted by Gasteiger charge is 2.23. The Balaban J connectivity index is 1.87. The van der Waals surface area contributed by atoms with Crippen molar-refractivity contribution in [2.24, 2.45) is 7.05 Å². The molecule has 9 nitrogen and oxygen atoms in total. The quantitative estimate of drug-likeness (QED) is 0.381. The van der Waals surface area contributed by atoms with E-state index in [1.807, 2.05) is 6.07 Å². The second-order valence-corrected chi connectivity index (χ2v) is 8.03. The number of nitrogens with zero attached hydrogens (tertiary/aromatic N) is 3. The van der Waals surface area contributed by atoms with Gasteiger partial charge in [0.05, 0.1) is 26.6 Å². The molecule has 1 amide bonds. The fraction of sp³-hybridized carbons (Fsp3) is 0.300. The molecule has 1 N–H and O–H groups in total. The van der Waals surface area contributed by atoms with E-state index < -0.39 is 5.97 Å². The van der Waals surface area contributed by atoms with E-state index in [1.165, 1.54) is 23.1 Å². The molecule has 0 spiro atoms. The molecule has 2 aromatic heterocycles. The maximum absolute atomic E-state index is 12.7. The van der Waals surface area contributed by atoms with E-state index in [4.69, 9.17) is 14.2 Å². The van der Waals surface area contributed by atoms with Crippen molar-refractivity contribution in [2.45, 2.75) is 12.1 Å². The maximum Gasteiger partial charge on any atom is 0.341 e. The van der Waals surface area contributed by atoms with Gasteiger partial charge >= 0.3 is 5.97 Å². The Bertz CT molecular complexity index is 1080. The van der Waals surface area contributed by atoms with Crippen molar-refractivity contribution >= 4 is 40.0 Å². The first kappa shape index (κ1) is 22.6. The lowest BCUT2D eigenvalue weighted by Crippen LogP contribution is -2.16. The number of methoxy groups -OCH3 is 2. The largest absolute Gasteiger partial charge is 0.493 e. The zero-order valence-electron chi connectivity index (χ0n) is 17.5. The first-order valence-electron chi connectivity index (χ1n) is 9.26. The molecule has 0 aliphatic heterocycles. The summed E-state index contributed by atoms with van der Waals surface area (Å²) in [5.41, 5.74) is 1.68. The molecular formula is C20H22N4O5S2. The third-order valence-electron chi connectivity index (χ3n) is 4.22. The van der Waals surface area contributed by atoms with Crippen LogP contribution in [0.15, 0.2) is 35.1 Å². The zero-order chi connectivity index (χ0) is 22.4. The molecule has 0 bridgehead atoms. The van der Waals surface area contributed by atoms with Gasteiger partial charge in [0.15, 0.2) is 16.7 Å². The smallest absolute Gasteiger partial charge is 0.341 e. The van der Waals surface area contributed by atoms with E-state index in [2.05, 4.69) is 15.5 Å². The molecule has 0 atom stereocenters. The summed E-state index contributed by atoms with van der Waals surface area (Å²) in [7, 11) is 4.90. The number of nitrogens with one attached hydrogen (secondary N) is 1. The number of aryl methyl sites for hydroxylation is 1. The SMILES string of the molecule is CCOC(=O)c1c(-c2ccc(OC)c(OC)c2)csc1NC(=O)CSc1nncn1C. The fourth-order valence-electron chi connectivity index (χ4n) is 2.77. The number of thiophene rings is 1. The van der Waals surface area contributed by atoms with Crippen molar-refractivity contribution in [3.63, 3.8) is 0 Å². The molecule has 0 aliphatic carbocycles. The standard InChI is InChI=1S/C20H22N4O5S2/c1-5-29-19(26)17-13(12-6-7-14(27-3)15(8-12)28-4)9-30-18(17)22-16(25)10-31-20-23-21-11-24(20)2/h6-9,11H,5,10H2,1-4H3,(H,22,25). The molecule has 1 aromatic carbocycles. The van der Waals surface area contributed by atoms with E-state index in [-0.39, 0.29) is 18.3 Å². The highest BCUT2D eigenvalue weighted by Crippen LogP contribution is 2.39. The average Bonchev–Trinajstić information content (AvgIpc) is 3.37. The van der Waals surface area contributed by atoms with E-state index in [0.717, 1.165) is 5.56 Å². The minimum atomic E-state index is -0.509. The highest BCUT2D eigenvalue weighted by molar-refractivity contribution is 7.99. The number of aromatic nitrogens is 3. The number of hydrogen-bond acceptors (Lipinski definition) is 9. The Kier molecular flexibility index (Phi) is 7.53. The molecule has 164 valence electrons. The number of benzene rings is 1. The van der Waals surface area contributed by atoms with Gasteiger partial charge in [-0.2, -0.15) is 0 Å². The number of amides is 1. The van der Waals surface area contributed by atoms with E-state index >= 15 is 0 Å². The molecule has 2 heterocycles. The lowest BCUT2D eigenvalue weighted by Gasteiger charge is -2.11. The van der Waals surface area contributed by atoms with Crippen LogP contribution >= 0.6 is 23.1 Å². The topological polar surface area (TPSA) is 105 Å². The summed E-state index contributed by atoms with van der Waals surface area (Å²) >= 11 is 2.51. The third kappa shape index (κ3) is 5.17. The number of esters is 1. The lowest BCUT2D eigenvalue weighted by molar-refractivity contribution is -0.113. The van der Waals surface area contributed by atoms with Gasteiger partial charge in [0.1, 0.15) is 16.9 Å². The van der Waals surface area contributed by atoms with Gasteiger partial charge in [-0.05, 0) is 24.6 Å². The van der Waals surface area contributed by atoms with Crippen molar-refractivity contribution in [3.05, 3.63) is 35.5 Å². The normalized spacial score (nSPS) is 10.6. The number of rotatable bonds is 9. The number of thioether (sulfide) groups is 1. The molecule has 3 aromatic rings. The van der Waals surface area contributed by atoms with Crippen LogP contribution in [0.4, 0.5) is 5.00 Å². The second kappa shape index (κ2) is 10.3. The zero-order valence-corrected chi connectivity index (χ0v) is 19.1. The molecule has 0 fully saturated rings. The fourth-order valence-corrected chi connectivity index (χ4v) is 4.43. The minimum Gasteiger partial charge on any atom is -0.493 e. The number of anilines is 1. The second-order valence-electron chi connectivity index (χ2n) is 6.21. The Morgan fingerprint density at radius 2 is 2.00 bits per heavy atom. The molecule has 0 radical (unpaired) electrons. The molecular weight excluding hydrogens is 440 g/mol. The van der Waals surface area contributed by atoms with Crippen molar-refractivity contribution in [1.29, 1.82) is 0 Å². The van der Waals surface area contributed by atoms with E-state index in [9.17, 15) is 9.59 Å². The Morgan fingerprint density at radius 1 is 1.23 bits per heavy atom. The Morgan fingerprint density at radius 3 is 2.65 bits per heavy atom. The van der Waals surface area contributed by atoms with Gasteiger partial charge in [0.25, 0.3) is 0 Å². The average molecular weight is 463 g/mol. The summed E-state index contributed by atoms with van der Waals surface area (Å²) in [4.78, 5) is 25.2. The van der Waals surface area contributed by atoms with Gasteiger partial charge in [-0.15, -0.1) is 21.5 Å². The van der Waals surface area contributed by atoms with Crippen LogP contribution < -0.4 is 14.8 Å². The predicted molar refractivity (Wildman–Crippen MR) is 119 cm³/mol. The number of hydrogen-bond donors (Lipinski definition) is 1. The van der Waals surface area contributed by atoms with Crippen molar-refractivity contribution < 1.29 is 23.8 Å². The van der Waals surface area contributed by atoms with Crippen molar-refractivity contribution in [2.75, 3.05) is 31.9 Å². The van der Waals surface area contributed by atoms with Gasteiger partial charge < -0.3 is 24.1 Å². The van der Waals surface area contributed by atoms with Crippen LogP contribution in [0.3, 0.4) is 0 Å². The maximum atomic E-state index is 12.7. The molecule has 31 heavy (non-hydrogen) atoms. The molecule has 0 aliphatic rings. The van der Waals surface area contributed by atoms with E-state index in [1.54, 1.807) is 56.6 Å². The van der Waals surface area contributed by atoms with Crippen LogP contribution in [-0.4, -0.2) is 53.2 Å². The van der Waals surface area contributed by atoms with Crippen molar-refractivity contribution in [1.82, 2.24) is 14.8 Å². The summed E-state index contributed by atoms with van der Waals surface area (Å²) in [6, 6.07) is 5.36. The van der Waals surface area contributed by atoms with Gasteiger partial charge in [-0.1, -0.05) is 17.8 Å². The number of carbonyl (C=O) groups is 2. The third-order valence-corrected chi connectivity index (χ3v) is 6.15. The minimum absolute atomic E-state index is 0.123. The monoisotopic (exact) mass is 462 g/mol. The van der Waals surface area contributed by atoms with Gasteiger partial charge in [0, 0.05) is 18.0 Å². The molecule has 0 unspecified atom stereocenters. The first-order chi connectivity index (χ1) is 15.0. The summed E-state index contributed by atoms with van der Waals surface area (Å²) in [5.74, 6) is 0.461. The van der Waals surface area contributed by atoms with Crippen LogP contribution in [0.5, 0.6) is 11.5 Å². The number of carbonyl (C=O) groups excluding carboxylic acids is 2. The highest BCUT2D eigenvalue weighted by atomic mass is 32.2. The van der Waals surface area contributed by atoms with Crippen LogP contribution in [0.2, 0.25) is 0 Å². The summed E-state index contributed by atoms with van der Waals surface area (Å²) in [5, 5.41) is 13.4. The molecule has 0 saturated carbocycles. The summed E-state index contributed by atoms with van der Waals surface area (Å²) in [6.45, 7) is 1.95. The Hall–Kier alpha value is -3.05. The van der Waals surface area contributed by atoms with Crippen LogP contribution in [0, 0.1) is 0 Å². The molecule has 0 saturated heterocycles. The van der Waals surface area contributed by atoms with Crippen molar-refractivity contribution in [3.8, 4) is 22.6 Å². The predicted octanol–water partition coefficient (Wildman–Crippen LogP) is 3.47. The summed E-state index contributed by atoms with van der Waals surface area (Å²) < 4.78 is 17.6. The lowest BCUT2D eigenvalue weighted by atomic mass is 10.0. The Labute approximate surface area is 187 Å². The van der Waals surface area contributed by atoms with Crippen LogP contribution in [-0.2, 0) is 16.6 Å². The number of ether oxygens (including phenoxy) is 3.